The maximum absolute atomic E-state index is 11.9. The predicted octanol–water partition coefficient (Wildman–Crippen LogP) is 4.04. The van der Waals surface area contributed by atoms with Gasteiger partial charge in [0.15, 0.2) is 0 Å². The molecule has 0 saturated carbocycles. The number of nitrogen functional groups attached to an aromatic ring is 1. The van der Waals surface area contributed by atoms with E-state index >= 15 is 0 Å². The van der Waals surface area contributed by atoms with Gasteiger partial charge in [0.25, 0.3) is 0 Å². The summed E-state index contributed by atoms with van der Waals surface area (Å²) in [7, 11) is 0. The molecule has 0 aliphatic carbocycles. The molecule has 0 bridgehead atoms. The van der Waals surface area contributed by atoms with E-state index in [1.165, 1.54) is 6.07 Å². The third-order valence-electron chi connectivity index (χ3n) is 2.52. The summed E-state index contributed by atoms with van der Waals surface area (Å²) in [6, 6.07) is 12.2. The Balaban J connectivity index is 2.03. The molecule has 2 aromatic carbocycles. The maximum atomic E-state index is 11.9. The SMILES string of the molecule is Nc1cc(Cl)ccc1C(=O)OCc1ccc(Br)cc1. The quantitative estimate of drug-likeness (QED) is 0.677. The molecule has 0 saturated heterocycles. The number of nitrogens with two attached hydrogens (primary N) is 1. The normalized spacial score (nSPS) is 10.2. The second-order valence-corrected chi connectivity index (χ2v) is 5.29. The van der Waals surface area contributed by atoms with Crippen LogP contribution in [-0.4, -0.2) is 5.97 Å². The Hall–Kier alpha value is -1.52. The lowest BCUT2D eigenvalue weighted by atomic mass is 10.2. The Bertz CT molecular complexity index is 599. The third kappa shape index (κ3) is 3.72. The second kappa shape index (κ2) is 6.08. The van der Waals surface area contributed by atoms with Crippen molar-refractivity contribution in [3.8, 4) is 0 Å². The number of carbonyl (C=O) groups excluding carboxylic acids is 1. The van der Waals surface area contributed by atoms with E-state index in [2.05, 4.69) is 15.9 Å². The number of carbonyl (C=O) groups is 1. The van der Waals surface area contributed by atoms with Crippen LogP contribution < -0.4 is 5.73 Å². The van der Waals surface area contributed by atoms with Crippen LogP contribution in [0.3, 0.4) is 0 Å². The van der Waals surface area contributed by atoms with Crippen molar-refractivity contribution in [2.75, 3.05) is 5.73 Å². The predicted molar refractivity (Wildman–Crippen MR) is 79.1 cm³/mol. The highest BCUT2D eigenvalue weighted by atomic mass is 79.9. The summed E-state index contributed by atoms with van der Waals surface area (Å²) in [6.07, 6.45) is 0. The van der Waals surface area contributed by atoms with Crippen LogP contribution in [0.25, 0.3) is 0 Å². The molecule has 3 nitrogen and oxygen atoms in total. The first-order chi connectivity index (χ1) is 9.06. The fourth-order valence-electron chi connectivity index (χ4n) is 1.53. The van der Waals surface area contributed by atoms with Gasteiger partial charge in [0, 0.05) is 15.2 Å². The zero-order valence-electron chi connectivity index (χ0n) is 9.90. The molecule has 0 fully saturated rings. The molecular weight excluding hydrogens is 330 g/mol. The van der Waals surface area contributed by atoms with Crippen LogP contribution >= 0.6 is 27.5 Å². The number of hydrogen-bond acceptors (Lipinski definition) is 3. The standard InChI is InChI=1S/C14H11BrClNO2/c15-10-3-1-9(2-4-10)8-19-14(18)12-6-5-11(16)7-13(12)17/h1-7H,8,17H2. The van der Waals surface area contributed by atoms with Crippen molar-refractivity contribution in [1.29, 1.82) is 0 Å². The molecule has 0 heterocycles. The molecular formula is C14H11BrClNO2. The van der Waals surface area contributed by atoms with Crippen LogP contribution in [0.15, 0.2) is 46.9 Å². The molecule has 5 heteroatoms. The molecule has 98 valence electrons. The summed E-state index contributed by atoms with van der Waals surface area (Å²) in [6.45, 7) is 0.203. The second-order valence-electron chi connectivity index (χ2n) is 3.93. The van der Waals surface area contributed by atoms with E-state index in [0.717, 1.165) is 10.0 Å². The number of ether oxygens (including phenoxy) is 1. The molecule has 2 aromatic rings. The minimum Gasteiger partial charge on any atom is -0.457 e. The molecule has 2 rings (SSSR count). The zero-order valence-corrected chi connectivity index (χ0v) is 12.2. The topological polar surface area (TPSA) is 52.3 Å². The number of esters is 1. The van der Waals surface area contributed by atoms with Gasteiger partial charge in [-0.25, -0.2) is 4.79 Å². The van der Waals surface area contributed by atoms with Crippen molar-refractivity contribution in [2.45, 2.75) is 6.61 Å². The fourth-order valence-corrected chi connectivity index (χ4v) is 1.97. The Kier molecular flexibility index (Phi) is 4.45. The number of hydrogen-bond donors (Lipinski definition) is 1. The average Bonchev–Trinajstić information content (AvgIpc) is 2.37. The molecule has 0 aromatic heterocycles. The number of halogens is 2. The summed E-state index contributed by atoms with van der Waals surface area (Å²) < 4.78 is 6.17. The van der Waals surface area contributed by atoms with Gasteiger partial charge in [-0.15, -0.1) is 0 Å². The first-order valence-electron chi connectivity index (χ1n) is 5.53. The Morgan fingerprint density at radius 1 is 1.21 bits per heavy atom. The van der Waals surface area contributed by atoms with E-state index < -0.39 is 5.97 Å². The third-order valence-corrected chi connectivity index (χ3v) is 3.28. The van der Waals surface area contributed by atoms with Crippen molar-refractivity contribution in [3.63, 3.8) is 0 Å². The van der Waals surface area contributed by atoms with Crippen LogP contribution in [0, 0.1) is 0 Å². The van der Waals surface area contributed by atoms with Gasteiger partial charge in [-0.3, -0.25) is 0 Å². The van der Waals surface area contributed by atoms with Gasteiger partial charge in [0.2, 0.25) is 0 Å². The zero-order chi connectivity index (χ0) is 13.8. The first-order valence-corrected chi connectivity index (χ1v) is 6.70. The van der Waals surface area contributed by atoms with Crippen LogP contribution in [0.2, 0.25) is 5.02 Å². The number of benzene rings is 2. The number of rotatable bonds is 3. The highest BCUT2D eigenvalue weighted by Crippen LogP contribution is 2.19. The fraction of sp³-hybridized carbons (Fsp3) is 0.0714. The van der Waals surface area contributed by atoms with Gasteiger partial charge in [-0.2, -0.15) is 0 Å². The lowest BCUT2D eigenvalue weighted by Gasteiger charge is -2.07. The molecule has 0 atom stereocenters. The Labute approximate surface area is 124 Å². The minimum absolute atomic E-state index is 0.203. The molecule has 0 aliphatic heterocycles. The van der Waals surface area contributed by atoms with Crippen LogP contribution in [0.4, 0.5) is 5.69 Å². The largest absolute Gasteiger partial charge is 0.457 e. The van der Waals surface area contributed by atoms with Crippen molar-refractivity contribution in [1.82, 2.24) is 0 Å². The molecule has 0 radical (unpaired) electrons. The highest BCUT2D eigenvalue weighted by molar-refractivity contribution is 9.10. The van der Waals surface area contributed by atoms with E-state index in [-0.39, 0.29) is 6.61 Å². The van der Waals surface area contributed by atoms with Crippen molar-refractivity contribution < 1.29 is 9.53 Å². The molecule has 19 heavy (non-hydrogen) atoms. The van der Waals surface area contributed by atoms with E-state index in [4.69, 9.17) is 22.1 Å². The Morgan fingerprint density at radius 3 is 2.53 bits per heavy atom. The highest BCUT2D eigenvalue weighted by Gasteiger charge is 2.11. The Morgan fingerprint density at radius 2 is 1.89 bits per heavy atom. The smallest absolute Gasteiger partial charge is 0.340 e. The van der Waals surface area contributed by atoms with E-state index in [0.29, 0.717) is 16.3 Å². The lowest BCUT2D eigenvalue weighted by molar-refractivity contribution is 0.0474. The van der Waals surface area contributed by atoms with Gasteiger partial charge in [-0.05, 0) is 35.9 Å². The van der Waals surface area contributed by atoms with Gasteiger partial charge in [-0.1, -0.05) is 39.7 Å². The number of anilines is 1. The van der Waals surface area contributed by atoms with Crippen LogP contribution in [-0.2, 0) is 11.3 Å². The minimum atomic E-state index is -0.461. The van der Waals surface area contributed by atoms with Gasteiger partial charge in [0.05, 0.1) is 5.56 Å². The van der Waals surface area contributed by atoms with Crippen LogP contribution in [0.1, 0.15) is 15.9 Å². The lowest BCUT2D eigenvalue weighted by Crippen LogP contribution is -2.08. The molecule has 2 N–H and O–H groups in total. The van der Waals surface area contributed by atoms with E-state index in [1.807, 2.05) is 24.3 Å². The average molecular weight is 341 g/mol. The van der Waals surface area contributed by atoms with Gasteiger partial charge >= 0.3 is 5.97 Å². The summed E-state index contributed by atoms with van der Waals surface area (Å²) in [4.78, 5) is 11.9. The van der Waals surface area contributed by atoms with Crippen LogP contribution in [0.5, 0.6) is 0 Å². The maximum Gasteiger partial charge on any atom is 0.340 e. The van der Waals surface area contributed by atoms with Gasteiger partial charge < -0.3 is 10.5 Å². The van der Waals surface area contributed by atoms with Gasteiger partial charge in [0.1, 0.15) is 6.61 Å². The molecule has 0 spiro atoms. The van der Waals surface area contributed by atoms with Crippen molar-refractivity contribution >= 4 is 39.2 Å². The summed E-state index contributed by atoms with van der Waals surface area (Å²) in [5.74, 6) is -0.461. The van der Waals surface area contributed by atoms with E-state index in [1.54, 1.807) is 12.1 Å². The summed E-state index contributed by atoms with van der Waals surface area (Å²) >= 11 is 9.11. The summed E-state index contributed by atoms with van der Waals surface area (Å²) in [5.41, 5.74) is 7.26. The van der Waals surface area contributed by atoms with Crippen molar-refractivity contribution in [2.24, 2.45) is 0 Å². The molecule has 0 unspecified atom stereocenters. The molecule has 0 aliphatic rings. The molecule has 0 amide bonds. The monoisotopic (exact) mass is 339 g/mol. The first kappa shape index (κ1) is 13.9. The van der Waals surface area contributed by atoms with Crippen molar-refractivity contribution in [3.05, 3.63) is 63.1 Å². The summed E-state index contributed by atoms with van der Waals surface area (Å²) in [5, 5.41) is 0.488. The van der Waals surface area contributed by atoms with E-state index in [9.17, 15) is 4.79 Å².